The zero-order valence-electron chi connectivity index (χ0n) is 9.68. The molecule has 2 N–H and O–H groups in total. The molecular formula is C12H13N3O2. The molecule has 0 radical (unpaired) electrons. The van der Waals surface area contributed by atoms with E-state index in [4.69, 9.17) is 10.5 Å². The van der Waals surface area contributed by atoms with Crippen LogP contribution in [0.3, 0.4) is 0 Å². The first-order valence-corrected chi connectivity index (χ1v) is 5.09. The highest BCUT2D eigenvalue weighted by Gasteiger charge is 2.10. The van der Waals surface area contributed by atoms with Crippen LogP contribution in [0.5, 0.6) is 5.75 Å². The molecule has 88 valence electrons. The molecule has 0 amide bonds. The van der Waals surface area contributed by atoms with Gasteiger partial charge < -0.3 is 10.5 Å². The maximum atomic E-state index is 11.0. The Kier molecular flexibility index (Phi) is 2.82. The van der Waals surface area contributed by atoms with Crippen LogP contribution >= 0.6 is 0 Å². The highest BCUT2D eigenvalue weighted by Crippen LogP contribution is 2.26. The maximum Gasteiger partial charge on any atom is 0.150 e. The van der Waals surface area contributed by atoms with Crippen molar-refractivity contribution in [2.45, 2.75) is 0 Å². The van der Waals surface area contributed by atoms with Gasteiger partial charge in [0.2, 0.25) is 0 Å². The average molecular weight is 231 g/mol. The maximum absolute atomic E-state index is 11.0. The quantitative estimate of drug-likeness (QED) is 0.812. The van der Waals surface area contributed by atoms with Gasteiger partial charge >= 0.3 is 0 Å². The number of nitrogens with zero attached hydrogens (tertiary/aromatic N) is 2. The van der Waals surface area contributed by atoms with E-state index in [1.807, 2.05) is 0 Å². The predicted octanol–water partition coefficient (Wildman–Crippen LogP) is 1.49. The molecule has 0 aliphatic carbocycles. The third kappa shape index (κ3) is 1.99. The van der Waals surface area contributed by atoms with Crippen LogP contribution in [0.1, 0.15) is 10.4 Å². The SMILES string of the molecule is COc1ccc(-c2cc(N)n(C)n2)c(C=O)c1. The molecule has 0 aliphatic heterocycles. The fourth-order valence-corrected chi connectivity index (χ4v) is 1.61. The second-order valence-electron chi connectivity index (χ2n) is 3.65. The van der Waals surface area contributed by atoms with E-state index < -0.39 is 0 Å². The number of anilines is 1. The number of aldehydes is 1. The van der Waals surface area contributed by atoms with Crippen LogP contribution in [0.2, 0.25) is 0 Å². The van der Waals surface area contributed by atoms with Gasteiger partial charge in [0.1, 0.15) is 11.6 Å². The van der Waals surface area contributed by atoms with Crippen LogP contribution in [0.25, 0.3) is 11.3 Å². The lowest BCUT2D eigenvalue weighted by Crippen LogP contribution is -1.97. The van der Waals surface area contributed by atoms with Crippen molar-refractivity contribution in [3.8, 4) is 17.0 Å². The van der Waals surface area contributed by atoms with Gasteiger partial charge in [-0.3, -0.25) is 9.48 Å². The van der Waals surface area contributed by atoms with Crippen molar-refractivity contribution in [1.82, 2.24) is 9.78 Å². The van der Waals surface area contributed by atoms with Crippen LogP contribution in [0.15, 0.2) is 24.3 Å². The lowest BCUT2D eigenvalue weighted by Gasteiger charge is -2.04. The zero-order chi connectivity index (χ0) is 12.4. The summed E-state index contributed by atoms with van der Waals surface area (Å²) < 4.78 is 6.63. The molecular weight excluding hydrogens is 218 g/mol. The number of aromatic nitrogens is 2. The van der Waals surface area contributed by atoms with Crippen molar-refractivity contribution >= 4 is 12.1 Å². The molecule has 0 bridgehead atoms. The molecule has 2 rings (SSSR count). The van der Waals surface area contributed by atoms with Gasteiger partial charge in [0, 0.05) is 24.2 Å². The molecule has 0 atom stereocenters. The molecule has 0 fully saturated rings. The van der Waals surface area contributed by atoms with Gasteiger partial charge in [-0.2, -0.15) is 5.10 Å². The van der Waals surface area contributed by atoms with E-state index in [1.165, 1.54) is 0 Å². The third-order valence-corrected chi connectivity index (χ3v) is 2.58. The highest BCUT2D eigenvalue weighted by atomic mass is 16.5. The van der Waals surface area contributed by atoms with Crippen molar-refractivity contribution in [3.05, 3.63) is 29.8 Å². The number of hydrogen-bond acceptors (Lipinski definition) is 4. The van der Waals surface area contributed by atoms with Crippen molar-refractivity contribution in [2.24, 2.45) is 7.05 Å². The number of carbonyl (C=O) groups excluding carboxylic acids is 1. The molecule has 0 saturated carbocycles. The van der Waals surface area contributed by atoms with Gasteiger partial charge in [-0.1, -0.05) is 0 Å². The van der Waals surface area contributed by atoms with Gasteiger partial charge in [0.05, 0.1) is 12.8 Å². The summed E-state index contributed by atoms with van der Waals surface area (Å²) in [7, 11) is 3.31. The molecule has 1 heterocycles. The van der Waals surface area contributed by atoms with Gasteiger partial charge in [0.25, 0.3) is 0 Å². The minimum atomic E-state index is 0.530. The highest BCUT2D eigenvalue weighted by molar-refractivity contribution is 5.87. The smallest absolute Gasteiger partial charge is 0.150 e. The number of hydrogen-bond donors (Lipinski definition) is 1. The molecule has 17 heavy (non-hydrogen) atoms. The number of rotatable bonds is 3. The van der Waals surface area contributed by atoms with E-state index in [-0.39, 0.29) is 0 Å². The molecule has 5 heteroatoms. The molecule has 0 aliphatic rings. The van der Waals surface area contributed by atoms with E-state index in [2.05, 4.69) is 5.10 Å². The minimum Gasteiger partial charge on any atom is -0.497 e. The van der Waals surface area contributed by atoms with Crippen LogP contribution in [0, 0.1) is 0 Å². The van der Waals surface area contributed by atoms with Gasteiger partial charge in [-0.15, -0.1) is 0 Å². The van der Waals surface area contributed by atoms with Crippen LogP contribution in [-0.4, -0.2) is 23.2 Å². The Morgan fingerprint density at radius 2 is 2.18 bits per heavy atom. The number of carbonyl (C=O) groups is 1. The predicted molar refractivity (Wildman–Crippen MR) is 65.0 cm³/mol. The van der Waals surface area contributed by atoms with Crippen LogP contribution in [-0.2, 0) is 7.05 Å². The summed E-state index contributed by atoms with van der Waals surface area (Å²) in [6.07, 6.45) is 0.780. The molecule has 2 aromatic rings. The second kappa shape index (κ2) is 4.29. The summed E-state index contributed by atoms with van der Waals surface area (Å²) in [6, 6.07) is 6.99. The molecule has 0 spiro atoms. The first kappa shape index (κ1) is 11.2. The molecule has 1 aromatic heterocycles. The molecule has 1 aromatic carbocycles. The first-order valence-electron chi connectivity index (χ1n) is 5.09. The number of methoxy groups -OCH3 is 1. The fourth-order valence-electron chi connectivity index (χ4n) is 1.61. The number of benzene rings is 1. The standard InChI is InChI=1S/C12H13N3O2/c1-15-12(13)6-11(14-15)10-4-3-9(17-2)5-8(10)7-16/h3-7H,13H2,1-2H3. The van der Waals surface area contributed by atoms with E-state index in [0.29, 0.717) is 22.8 Å². The summed E-state index contributed by atoms with van der Waals surface area (Å²) in [5.41, 5.74) is 7.66. The molecule has 0 saturated heterocycles. The number of aryl methyl sites for hydroxylation is 1. The van der Waals surface area contributed by atoms with Crippen LogP contribution < -0.4 is 10.5 Å². The van der Waals surface area contributed by atoms with Crippen molar-refractivity contribution in [2.75, 3.05) is 12.8 Å². The lowest BCUT2D eigenvalue weighted by atomic mass is 10.1. The number of nitrogen functional groups attached to an aromatic ring is 1. The van der Waals surface area contributed by atoms with Crippen LogP contribution in [0.4, 0.5) is 5.82 Å². The van der Waals surface area contributed by atoms with Gasteiger partial charge in [-0.25, -0.2) is 0 Å². The largest absolute Gasteiger partial charge is 0.497 e. The fraction of sp³-hybridized carbons (Fsp3) is 0.167. The summed E-state index contributed by atoms with van der Waals surface area (Å²) in [5, 5.41) is 4.24. The van der Waals surface area contributed by atoms with Gasteiger partial charge in [-0.05, 0) is 18.2 Å². The Hall–Kier alpha value is -2.30. The Balaban J connectivity index is 2.54. The summed E-state index contributed by atoms with van der Waals surface area (Å²) >= 11 is 0. The Morgan fingerprint density at radius 3 is 2.71 bits per heavy atom. The van der Waals surface area contributed by atoms with Crippen molar-refractivity contribution in [1.29, 1.82) is 0 Å². The van der Waals surface area contributed by atoms with Crippen molar-refractivity contribution < 1.29 is 9.53 Å². The average Bonchev–Trinajstić information content (AvgIpc) is 2.68. The summed E-state index contributed by atoms with van der Waals surface area (Å²) in [6.45, 7) is 0. The monoisotopic (exact) mass is 231 g/mol. The summed E-state index contributed by atoms with van der Waals surface area (Å²) in [5.74, 6) is 1.19. The molecule has 0 unspecified atom stereocenters. The Labute approximate surface area is 98.8 Å². The zero-order valence-corrected chi connectivity index (χ0v) is 9.68. The Morgan fingerprint density at radius 1 is 1.41 bits per heavy atom. The van der Waals surface area contributed by atoms with E-state index in [0.717, 1.165) is 11.8 Å². The third-order valence-electron chi connectivity index (χ3n) is 2.58. The lowest BCUT2D eigenvalue weighted by molar-refractivity contribution is 0.112. The number of ether oxygens (including phenoxy) is 1. The van der Waals surface area contributed by atoms with E-state index in [9.17, 15) is 4.79 Å². The summed E-state index contributed by atoms with van der Waals surface area (Å²) in [4.78, 5) is 11.0. The minimum absolute atomic E-state index is 0.530. The van der Waals surface area contributed by atoms with E-state index >= 15 is 0 Å². The molecule has 5 nitrogen and oxygen atoms in total. The van der Waals surface area contributed by atoms with Gasteiger partial charge in [0.15, 0.2) is 6.29 Å². The van der Waals surface area contributed by atoms with Crippen molar-refractivity contribution in [3.63, 3.8) is 0 Å². The second-order valence-corrected chi connectivity index (χ2v) is 3.65. The van der Waals surface area contributed by atoms with E-state index in [1.54, 1.807) is 43.1 Å². The topological polar surface area (TPSA) is 70.1 Å². The Bertz CT molecular complexity index is 541. The first-order chi connectivity index (χ1) is 8.15. The normalized spacial score (nSPS) is 10.2. The number of nitrogens with two attached hydrogens (primary N) is 1.